The number of carbonyl (C=O) groups excluding carboxylic acids is 3. The predicted octanol–water partition coefficient (Wildman–Crippen LogP) is 2.62. The summed E-state index contributed by atoms with van der Waals surface area (Å²) in [6.07, 6.45) is 1.74. The van der Waals surface area contributed by atoms with Gasteiger partial charge in [-0.1, -0.05) is 27.4 Å². The van der Waals surface area contributed by atoms with Crippen LogP contribution < -0.4 is 5.32 Å². The third kappa shape index (κ3) is 14.8. The third-order valence-electron chi connectivity index (χ3n) is 2.99. The van der Waals surface area contributed by atoms with Gasteiger partial charge < -0.3 is 14.8 Å². The summed E-state index contributed by atoms with van der Waals surface area (Å²) in [5.74, 6) is -0.778. The van der Waals surface area contributed by atoms with Crippen molar-refractivity contribution in [3.63, 3.8) is 0 Å². The molecule has 0 aromatic carbocycles. The summed E-state index contributed by atoms with van der Waals surface area (Å²) in [5, 5.41) is 2.75. The maximum absolute atomic E-state index is 11.2. The fourth-order valence-electron chi connectivity index (χ4n) is 1.16. The van der Waals surface area contributed by atoms with E-state index in [2.05, 4.69) is 11.9 Å². The van der Waals surface area contributed by atoms with Crippen molar-refractivity contribution in [3.8, 4) is 0 Å². The zero-order valence-electron chi connectivity index (χ0n) is 15.2. The number of hydrogen-bond donors (Lipinski definition) is 1. The van der Waals surface area contributed by atoms with Crippen LogP contribution >= 0.6 is 0 Å². The smallest absolute Gasteiger partial charge is 0.333 e. The molecule has 0 aliphatic heterocycles. The highest BCUT2D eigenvalue weighted by atomic mass is 16.6. The molecule has 1 N–H and O–H groups in total. The van der Waals surface area contributed by atoms with Gasteiger partial charge in [0.15, 0.2) is 0 Å². The molecule has 0 aromatic heterocycles. The minimum Gasteiger partial charge on any atom is -0.462 e. The predicted molar refractivity (Wildman–Crippen MR) is 89.8 cm³/mol. The molecule has 0 saturated heterocycles. The summed E-state index contributed by atoms with van der Waals surface area (Å²) in [7, 11) is 0. The van der Waals surface area contributed by atoms with Crippen LogP contribution in [0.1, 0.15) is 54.4 Å². The normalized spacial score (nSPS) is 12.1. The Morgan fingerprint density at radius 1 is 1.00 bits per heavy atom. The standard InChI is InChI=1S/C11H18O4.C6H13NO/c1-5-9(4)11(13)15-7-6-14-10(12)8(2)3;1-4-5(2)7-6(3)8/h9H,2,5-7H2,1,3-4H3;5H,4H2,1-3H3,(H,7,8). The second kappa shape index (κ2) is 13.8. The highest BCUT2D eigenvalue weighted by Crippen LogP contribution is 2.02. The van der Waals surface area contributed by atoms with Gasteiger partial charge in [-0.15, -0.1) is 0 Å². The Labute approximate surface area is 139 Å². The van der Waals surface area contributed by atoms with Crippen LogP contribution in [0, 0.1) is 5.92 Å². The van der Waals surface area contributed by atoms with Crippen LogP contribution in [0.4, 0.5) is 0 Å². The van der Waals surface area contributed by atoms with Crippen molar-refractivity contribution in [2.45, 2.75) is 60.4 Å². The first kappa shape index (κ1) is 23.4. The fraction of sp³-hybridized carbons (Fsp3) is 0.706. The van der Waals surface area contributed by atoms with Crippen LogP contribution in [0.25, 0.3) is 0 Å². The van der Waals surface area contributed by atoms with Crippen LogP contribution in [0.2, 0.25) is 0 Å². The lowest BCUT2D eigenvalue weighted by Crippen LogP contribution is -2.29. The molecule has 134 valence electrons. The van der Waals surface area contributed by atoms with Gasteiger partial charge in [0.25, 0.3) is 0 Å². The van der Waals surface area contributed by atoms with E-state index in [1.165, 1.54) is 6.92 Å². The molecule has 0 aliphatic rings. The minimum absolute atomic E-state index is 0.0550. The molecule has 6 heteroatoms. The van der Waals surface area contributed by atoms with Gasteiger partial charge in [0.1, 0.15) is 13.2 Å². The number of ether oxygens (including phenoxy) is 2. The quantitative estimate of drug-likeness (QED) is 0.420. The lowest BCUT2D eigenvalue weighted by Gasteiger charge is -2.09. The molecule has 2 atom stereocenters. The van der Waals surface area contributed by atoms with Crippen LogP contribution in [0.5, 0.6) is 0 Å². The molecule has 0 spiro atoms. The van der Waals surface area contributed by atoms with Crippen molar-refractivity contribution in [1.29, 1.82) is 0 Å². The van der Waals surface area contributed by atoms with Crippen molar-refractivity contribution in [2.75, 3.05) is 13.2 Å². The Balaban J connectivity index is 0. The first-order valence-corrected chi connectivity index (χ1v) is 7.91. The Kier molecular flexibility index (Phi) is 14.0. The highest BCUT2D eigenvalue weighted by Gasteiger charge is 2.11. The molecule has 0 aliphatic carbocycles. The van der Waals surface area contributed by atoms with Crippen molar-refractivity contribution >= 4 is 17.8 Å². The van der Waals surface area contributed by atoms with E-state index >= 15 is 0 Å². The van der Waals surface area contributed by atoms with E-state index in [-0.39, 0.29) is 31.0 Å². The van der Waals surface area contributed by atoms with Gasteiger partial charge in [0.05, 0.1) is 5.92 Å². The zero-order valence-corrected chi connectivity index (χ0v) is 15.2. The van der Waals surface area contributed by atoms with E-state index in [1.807, 2.05) is 20.8 Å². The van der Waals surface area contributed by atoms with Crippen molar-refractivity contribution < 1.29 is 23.9 Å². The van der Waals surface area contributed by atoms with E-state index in [9.17, 15) is 14.4 Å². The number of nitrogens with one attached hydrogen (secondary N) is 1. The number of hydrogen-bond acceptors (Lipinski definition) is 5. The molecular formula is C17H31NO5. The van der Waals surface area contributed by atoms with Gasteiger partial charge in [0.2, 0.25) is 5.91 Å². The molecule has 1 amide bonds. The average molecular weight is 329 g/mol. The Morgan fingerprint density at radius 3 is 1.87 bits per heavy atom. The lowest BCUT2D eigenvalue weighted by atomic mass is 10.1. The molecule has 23 heavy (non-hydrogen) atoms. The van der Waals surface area contributed by atoms with E-state index in [1.54, 1.807) is 13.8 Å². The molecule has 2 unspecified atom stereocenters. The maximum Gasteiger partial charge on any atom is 0.333 e. The molecule has 6 nitrogen and oxygen atoms in total. The summed E-state index contributed by atoms with van der Waals surface area (Å²) in [6.45, 7) is 14.4. The number of esters is 2. The summed E-state index contributed by atoms with van der Waals surface area (Å²) >= 11 is 0. The SMILES string of the molecule is C=C(C)C(=O)OCCOC(=O)C(C)CC.CCC(C)NC(C)=O. The van der Waals surface area contributed by atoms with Crippen LogP contribution in [0.15, 0.2) is 12.2 Å². The van der Waals surface area contributed by atoms with E-state index in [4.69, 9.17) is 9.47 Å². The third-order valence-corrected chi connectivity index (χ3v) is 2.99. The molecule has 0 radical (unpaired) electrons. The van der Waals surface area contributed by atoms with Crippen molar-refractivity contribution in [2.24, 2.45) is 5.92 Å². The van der Waals surface area contributed by atoms with Gasteiger partial charge >= 0.3 is 11.9 Å². The second-order valence-corrected chi connectivity index (χ2v) is 5.40. The fourth-order valence-corrected chi connectivity index (χ4v) is 1.16. The van der Waals surface area contributed by atoms with Gasteiger partial charge in [-0.25, -0.2) is 4.79 Å². The van der Waals surface area contributed by atoms with Crippen molar-refractivity contribution in [1.82, 2.24) is 5.32 Å². The topological polar surface area (TPSA) is 81.7 Å². The van der Waals surface area contributed by atoms with Gasteiger partial charge in [-0.3, -0.25) is 9.59 Å². The Hall–Kier alpha value is -1.85. The zero-order chi connectivity index (χ0) is 18.4. The molecular weight excluding hydrogens is 298 g/mol. The number of rotatable bonds is 8. The Morgan fingerprint density at radius 2 is 1.52 bits per heavy atom. The highest BCUT2D eigenvalue weighted by molar-refractivity contribution is 5.86. The summed E-state index contributed by atoms with van der Waals surface area (Å²) in [4.78, 5) is 32.4. The molecule has 0 aromatic rings. The molecule has 0 heterocycles. The molecule has 0 bridgehead atoms. The summed E-state index contributed by atoms with van der Waals surface area (Å²) < 4.78 is 9.63. The van der Waals surface area contributed by atoms with Crippen LogP contribution in [0.3, 0.4) is 0 Å². The largest absolute Gasteiger partial charge is 0.462 e. The summed E-state index contributed by atoms with van der Waals surface area (Å²) in [5.41, 5.74) is 0.336. The minimum atomic E-state index is -0.463. The number of amides is 1. The molecule has 0 saturated carbocycles. The molecule has 0 fully saturated rings. The second-order valence-electron chi connectivity index (χ2n) is 5.40. The van der Waals surface area contributed by atoms with Gasteiger partial charge in [-0.05, 0) is 26.7 Å². The molecule has 0 rings (SSSR count). The first-order valence-electron chi connectivity index (χ1n) is 7.91. The van der Waals surface area contributed by atoms with E-state index in [0.29, 0.717) is 11.6 Å². The lowest BCUT2D eigenvalue weighted by molar-refractivity contribution is -0.153. The number of carbonyl (C=O) groups is 3. The summed E-state index contributed by atoms with van der Waals surface area (Å²) in [6, 6.07) is 0.326. The van der Waals surface area contributed by atoms with E-state index in [0.717, 1.165) is 12.8 Å². The Bertz CT molecular complexity index is 392. The van der Waals surface area contributed by atoms with Crippen LogP contribution in [-0.2, 0) is 23.9 Å². The van der Waals surface area contributed by atoms with Crippen LogP contribution in [-0.4, -0.2) is 37.1 Å². The monoisotopic (exact) mass is 329 g/mol. The maximum atomic E-state index is 11.2. The van der Waals surface area contributed by atoms with Gasteiger partial charge in [-0.2, -0.15) is 0 Å². The first-order chi connectivity index (χ1) is 10.6. The average Bonchev–Trinajstić information content (AvgIpc) is 2.49. The van der Waals surface area contributed by atoms with Gasteiger partial charge in [0, 0.05) is 18.5 Å². The van der Waals surface area contributed by atoms with Crippen molar-refractivity contribution in [3.05, 3.63) is 12.2 Å². The van der Waals surface area contributed by atoms with E-state index < -0.39 is 5.97 Å².